The molecule has 1 N–H and O–H groups in total. The lowest BCUT2D eigenvalue weighted by Crippen LogP contribution is -2.31. The van der Waals surface area contributed by atoms with Crippen LogP contribution in [0.25, 0.3) is 0 Å². The van der Waals surface area contributed by atoms with Crippen LogP contribution in [-0.4, -0.2) is 24.6 Å². The summed E-state index contributed by atoms with van der Waals surface area (Å²) in [5.41, 5.74) is 1.85. The van der Waals surface area contributed by atoms with Crippen molar-refractivity contribution in [2.24, 2.45) is 0 Å². The van der Waals surface area contributed by atoms with Crippen molar-refractivity contribution in [1.29, 1.82) is 0 Å². The number of carbonyl (C=O) groups excluding carboxylic acids is 2. The molecule has 0 saturated carbocycles. The Balaban J connectivity index is 1.78. The van der Waals surface area contributed by atoms with Crippen LogP contribution in [0.4, 0.5) is 5.69 Å². The third-order valence-corrected chi connectivity index (χ3v) is 3.41. The van der Waals surface area contributed by atoms with E-state index in [1.165, 1.54) is 12.5 Å². The highest BCUT2D eigenvalue weighted by Crippen LogP contribution is 2.11. The zero-order valence-corrected chi connectivity index (χ0v) is 13.8. The first-order valence-electron chi connectivity index (χ1n) is 7.85. The average Bonchev–Trinajstić information content (AvgIpc) is 2.61. The second-order valence-corrected chi connectivity index (χ2v) is 5.27. The SMILES string of the molecule is CCc1ccc(NC(=O)[C@@H](C)OC(=O)COc2ccccc2)cc1. The van der Waals surface area contributed by atoms with Gasteiger partial charge in [-0.3, -0.25) is 4.79 Å². The van der Waals surface area contributed by atoms with Crippen molar-refractivity contribution in [1.82, 2.24) is 0 Å². The molecule has 24 heavy (non-hydrogen) atoms. The Morgan fingerprint density at radius 1 is 1.04 bits per heavy atom. The number of amides is 1. The Hall–Kier alpha value is -2.82. The molecule has 126 valence electrons. The number of rotatable bonds is 7. The summed E-state index contributed by atoms with van der Waals surface area (Å²) >= 11 is 0. The molecule has 0 aliphatic heterocycles. The van der Waals surface area contributed by atoms with E-state index in [1.807, 2.05) is 30.3 Å². The highest BCUT2D eigenvalue weighted by molar-refractivity contribution is 5.95. The first kappa shape index (κ1) is 17.5. The molecule has 1 atom stereocenters. The molecular formula is C19H21NO4. The maximum Gasteiger partial charge on any atom is 0.344 e. The molecule has 0 heterocycles. The van der Waals surface area contributed by atoms with Crippen LogP contribution in [0.15, 0.2) is 54.6 Å². The fraction of sp³-hybridized carbons (Fsp3) is 0.263. The summed E-state index contributed by atoms with van der Waals surface area (Å²) in [5.74, 6) is -0.405. The van der Waals surface area contributed by atoms with Crippen LogP contribution < -0.4 is 10.1 Å². The molecule has 2 rings (SSSR count). The van der Waals surface area contributed by atoms with Crippen LogP contribution in [0.5, 0.6) is 5.75 Å². The van der Waals surface area contributed by atoms with Crippen molar-refractivity contribution >= 4 is 17.6 Å². The molecule has 0 aromatic heterocycles. The minimum atomic E-state index is -0.900. The van der Waals surface area contributed by atoms with Gasteiger partial charge in [0.25, 0.3) is 5.91 Å². The number of esters is 1. The van der Waals surface area contributed by atoms with Gasteiger partial charge >= 0.3 is 5.97 Å². The highest BCUT2D eigenvalue weighted by atomic mass is 16.6. The molecule has 0 aliphatic carbocycles. The smallest absolute Gasteiger partial charge is 0.344 e. The lowest BCUT2D eigenvalue weighted by atomic mass is 10.1. The second kappa shape index (κ2) is 8.72. The first-order chi connectivity index (χ1) is 11.6. The first-order valence-corrected chi connectivity index (χ1v) is 7.85. The predicted octanol–water partition coefficient (Wildman–Crippen LogP) is 3.20. The van der Waals surface area contributed by atoms with Gasteiger partial charge in [0.2, 0.25) is 0 Å². The molecule has 0 spiro atoms. The third kappa shape index (κ3) is 5.43. The molecule has 5 nitrogen and oxygen atoms in total. The van der Waals surface area contributed by atoms with Gasteiger partial charge in [0, 0.05) is 5.69 Å². The second-order valence-electron chi connectivity index (χ2n) is 5.27. The molecule has 2 aromatic carbocycles. The number of nitrogens with one attached hydrogen (secondary N) is 1. The van der Waals surface area contributed by atoms with E-state index in [-0.39, 0.29) is 12.5 Å². The molecule has 0 unspecified atom stereocenters. The monoisotopic (exact) mass is 327 g/mol. The van der Waals surface area contributed by atoms with Gasteiger partial charge in [-0.25, -0.2) is 4.79 Å². The quantitative estimate of drug-likeness (QED) is 0.793. The summed E-state index contributed by atoms with van der Waals surface area (Å²) < 4.78 is 10.4. The molecule has 0 bridgehead atoms. The predicted molar refractivity (Wildman–Crippen MR) is 91.9 cm³/mol. The van der Waals surface area contributed by atoms with Gasteiger partial charge < -0.3 is 14.8 Å². The van der Waals surface area contributed by atoms with E-state index >= 15 is 0 Å². The maximum absolute atomic E-state index is 12.0. The number of para-hydroxylation sites is 1. The van der Waals surface area contributed by atoms with E-state index in [1.54, 1.807) is 24.3 Å². The van der Waals surface area contributed by atoms with Crippen LogP contribution >= 0.6 is 0 Å². The topological polar surface area (TPSA) is 64.6 Å². The van der Waals surface area contributed by atoms with Gasteiger partial charge in [0.05, 0.1) is 0 Å². The van der Waals surface area contributed by atoms with E-state index in [2.05, 4.69) is 12.2 Å². The molecule has 1 amide bonds. The molecule has 0 fully saturated rings. The fourth-order valence-electron chi connectivity index (χ4n) is 2.01. The van der Waals surface area contributed by atoms with Crippen molar-refractivity contribution in [2.75, 3.05) is 11.9 Å². The van der Waals surface area contributed by atoms with Gasteiger partial charge in [-0.1, -0.05) is 37.3 Å². The van der Waals surface area contributed by atoms with E-state index in [4.69, 9.17) is 9.47 Å². The highest BCUT2D eigenvalue weighted by Gasteiger charge is 2.18. The zero-order chi connectivity index (χ0) is 17.4. The summed E-state index contributed by atoms with van der Waals surface area (Å²) in [6, 6.07) is 16.5. The number of anilines is 1. The normalized spacial score (nSPS) is 11.4. The lowest BCUT2D eigenvalue weighted by Gasteiger charge is -2.14. The largest absolute Gasteiger partial charge is 0.482 e. The van der Waals surface area contributed by atoms with Crippen molar-refractivity contribution < 1.29 is 19.1 Å². The van der Waals surface area contributed by atoms with Crippen molar-refractivity contribution in [3.8, 4) is 5.75 Å². The summed E-state index contributed by atoms with van der Waals surface area (Å²) in [4.78, 5) is 23.8. The van der Waals surface area contributed by atoms with E-state index in [0.29, 0.717) is 11.4 Å². The summed E-state index contributed by atoms with van der Waals surface area (Å²) in [6.45, 7) is 3.34. The van der Waals surface area contributed by atoms with Crippen LogP contribution in [0.3, 0.4) is 0 Å². The molecule has 2 aromatic rings. The molecule has 0 saturated heterocycles. The number of ether oxygens (including phenoxy) is 2. The molecular weight excluding hydrogens is 306 g/mol. The zero-order valence-electron chi connectivity index (χ0n) is 13.8. The lowest BCUT2D eigenvalue weighted by molar-refractivity contribution is -0.155. The number of aryl methyl sites for hydroxylation is 1. The summed E-state index contributed by atoms with van der Waals surface area (Å²) in [5, 5.41) is 2.72. The van der Waals surface area contributed by atoms with Gasteiger partial charge in [0.15, 0.2) is 12.7 Å². The van der Waals surface area contributed by atoms with Crippen molar-refractivity contribution in [3.63, 3.8) is 0 Å². The number of benzene rings is 2. The Kier molecular flexibility index (Phi) is 6.37. The Morgan fingerprint density at radius 2 is 1.71 bits per heavy atom. The Morgan fingerprint density at radius 3 is 2.33 bits per heavy atom. The van der Waals surface area contributed by atoms with E-state index in [0.717, 1.165) is 6.42 Å². The van der Waals surface area contributed by atoms with Gasteiger partial charge in [-0.15, -0.1) is 0 Å². The van der Waals surface area contributed by atoms with Crippen LogP contribution in [0.1, 0.15) is 19.4 Å². The third-order valence-electron chi connectivity index (χ3n) is 3.41. The minimum Gasteiger partial charge on any atom is -0.482 e. The average molecular weight is 327 g/mol. The van der Waals surface area contributed by atoms with Gasteiger partial charge in [0.1, 0.15) is 5.75 Å². The number of hydrogen-bond donors (Lipinski definition) is 1. The molecule has 5 heteroatoms. The van der Waals surface area contributed by atoms with Gasteiger partial charge in [-0.2, -0.15) is 0 Å². The molecule has 0 radical (unpaired) electrons. The Bertz CT molecular complexity index is 668. The van der Waals surface area contributed by atoms with E-state index < -0.39 is 12.1 Å². The molecule has 0 aliphatic rings. The van der Waals surface area contributed by atoms with Crippen LogP contribution in [-0.2, 0) is 20.7 Å². The fourth-order valence-corrected chi connectivity index (χ4v) is 2.01. The van der Waals surface area contributed by atoms with Crippen molar-refractivity contribution in [3.05, 3.63) is 60.2 Å². The summed E-state index contributed by atoms with van der Waals surface area (Å²) in [7, 11) is 0. The summed E-state index contributed by atoms with van der Waals surface area (Å²) in [6.07, 6.45) is 0.0339. The number of carbonyl (C=O) groups is 2. The van der Waals surface area contributed by atoms with Crippen molar-refractivity contribution in [2.45, 2.75) is 26.4 Å². The maximum atomic E-state index is 12.0. The Labute approximate surface area is 141 Å². The number of hydrogen-bond acceptors (Lipinski definition) is 4. The van der Waals surface area contributed by atoms with Crippen LogP contribution in [0, 0.1) is 0 Å². The van der Waals surface area contributed by atoms with E-state index in [9.17, 15) is 9.59 Å². The van der Waals surface area contributed by atoms with Crippen LogP contribution in [0.2, 0.25) is 0 Å². The standard InChI is InChI=1S/C19H21NO4/c1-3-15-9-11-16(12-10-15)20-19(22)14(2)24-18(21)13-23-17-7-5-4-6-8-17/h4-12,14H,3,13H2,1-2H3,(H,20,22)/t14-/m1/s1. The van der Waals surface area contributed by atoms with Gasteiger partial charge in [-0.05, 0) is 43.2 Å². The minimum absolute atomic E-state index is 0.243.